The molecule has 5 heteroatoms. The molecule has 0 aromatic heterocycles. The van der Waals surface area contributed by atoms with Crippen molar-refractivity contribution in [1.29, 1.82) is 0 Å². The molecule has 0 bridgehead atoms. The highest BCUT2D eigenvalue weighted by molar-refractivity contribution is 5.78. The molecule has 0 radical (unpaired) electrons. The first kappa shape index (κ1) is 12.7. The lowest BCUT2D eigenvalue weighted by atomic mass is 10.1. The Morgan fingerprint density at radius 1 is 1.39 bits per heavy atom. The summed E-state index contributed by atoms with van der Waals surface area (Å²) in [6, 6.07) is 5.55. The molecule has 18 heavy (non-hydrogen) atoms. The number of fused-ring (bicyclic) bond motifs is 1. The molecule has 1 heterocycles. The SMILES string of the molecule is COCCCNC(=O)Cc1ccc2c(c1)OCO2. The van der Waals surface area contributed by atoms with Gasteiger partial charge >= 0.3 is 0 Å². The predicted octanol–water partition coefficient (Wildman–Crippen LogP) is 1.11. The minimum absolute atomic E-state index is 0.00460. The standard InChI is InChI=1S/C13H17NO4/c1-16-6-2-5-14-13(15)8-10-3-4-11-12(7-10)18-9-17-11/h3-4,7H,2,5-6,8-9H2,1H3,(H,14,15). The molecular formula is C13H17NO4. The highest BCUT2D eigenvalue weighted by Gasteiger charge is 2.14. The Labute approximate surface area is 106 Å². The highest BCUT2D eigenvalue weighted by atomic mass is 16.7. The summed E-state index contributed by atoms with van der Waals surface area (Å²) in [7, 11) is 1.65. The second-order valence-corrected chi connectivity index (χ2v) is 4.06. The summed E-state index contributed by atoms with van der Waals surface area (Å²) >= 11 is 0. The molecule has 0 atom stereocenters. The third kappa shape index (κ3) is 3.37. The topological polar surface area (TPSA) is 56.8 Å². The van der Waals surface area contributed by atoms with Crippen LogP contribution < -0.4 is 14.8 Å². The van der Waals surface area contributed by atoms with Crippen LogP contribution >= 0.6 is 0 Å². The zero-order valence-corrected chi connectivity index (χ0v) is 10.4. The van der Waals surface area contributed by atoms with Crippen molar-refractivity contribution in [2.75, 3.05) is 27.1 Å². The van der Waals surface area contributed by atoms with Gasteiger partial charge in [0.25, 0.3) is 0 Å². The number of ether oxygens (including phenoxy) is 3. The molecule has 2 rings (SSSR count). The summed E-state index contributed by atoms with van der Waals surface area (Å²) in [5.41, 5.74) is 0.920. The quantitative estimate of drug-likeness (QED) is 0.769. The van der Waals surface area contributed by atoms with Gasteiger partial charge in [0.1, 0.15) is 0 Å². The number of methoxy groups -OCH3 is 1. The van der Waals surface area contributed by atoms with E-state index in [1.165, 1.54) is 0 Å². The maximum Gasteiger partial charge on any atom is 0.231 e. The van der Waals surface area contributed by atoms with Crippen molar-refractivity contribution in [1.82, 2.24) is 5.32 Å². The lowest BCUT2D eigenvalue weighted by Crippen LogP contribution is -2.26. The summed E-state index contributed by atoms with van der Waals surface area (Å²) in [5.74, 6) is 1.45. The molecule has 1 N–H and O–H groups in total. The minimum atomic E-state index is 0.00460. The molecule has 1 aliphatic rings. The van der Waals surface area contributed by atoms with E-state index in [9.17, 15) is 4.79 Å². The van der Waals surface area contributed by atoms with Crippen molar-refractivity contribution < 1.29 is 19.0 Å². The Morgan fingerprint density at radius 2 is 2.22 bits per heavy atom. The lowest BCUT2D eigenvalue weighted by Gasteiger charge is -2.05. The Hall–Kier alpha value is -1.75. The molecule has 0 aliphatic carbocycles. The van der Waals surface area contributed by atoms with Crippen molar-refractivity contribution in [3.05, 3.63) is 23.8 Å². The van der Waals surface area contributed by atoms with Gasteiger partial charge in [-0.05, 0) is 24.1 Å². The Bertz CT molecular complexity index is 419. The summed E-state index contributed by atoms with van der Waals surface area (Å²) in [6.45, 7) is 1.55. The van der Waals surface area contributed by atoms with Crippen LogP contribution in [-0.2, 0) is 16.0 Å². The Balaban J connectivity index is 1.80. The molecule has 1 aromatic carbocycles. The third-order valence-electron chi connectivity index (χ3n) is 2.65. The van der Waals surface area contributed by atoms with Crippen LogP contribution in [0.3, 0.4) is 0 Å². The maximum atomic E-state index is 11.7. The smallest absolute Gasteiger partial charge is 0.231 e. The van der Waals surface area contributed by atoms with Gasteiger partial charge < -0.3 is 19.5 Å². The fraction of sp³-hybridized carbons (Fsp3) is 0.462. The van der Waals surface area contributed by atoms with Crippen molar-refractivity contribution in [2.45, 2.75) is 12.8 Å². The van der Waals surface area contributed by atoms with Crippen LogP contribution in [-0.4, -0.2) is 33.0 Å². The average molecular weight is 251 g/mol. The van der Waals surface area contributed by atoms with Gasteiger partial charge in [0, 0.05) is 20.3 Å². The summed E-state index contributed by atoms with van der Waals surface area (Å²) in [5, 5.41) is 2.84. The highest BCUT2D eigenvalue weighted by Crippen LogP contribution is 2.32. The van der Waals surface area contributed by atoms with E-state index in [1.54, 1.807) is 7.11 Å². The molecule has 98 valence electrons. The molecule has 0 saturated heterocycles. The van der Waals surface area contributed by atoms with Gasteiger partial charge in [0.2, 0.25) is 12.7 Å². The normalized spacial score (nSPS) is 12.5. The van der Waals surface area contributed by atoms with Crippen molar-refractivity contribution in [2.24, 2.45) is 0 Å². The van der Waals surface area contributed by atoms with Crippen LogP contribution in [0.15, 0.2) is 18.2 Å². The lowest BCUT2D eigenvalue weighted by molar-refractivity contribution is -0.120. The zero-order chi connectivity index (χ0) is 12.8. The van der Waals surface area contributed by atoms with E-state index >= 15 is 0 Å². The van der Waals surface area contributed by atoms with Gasteiger partial charge in [-0.1, -0.05) is 6.07 Å². The molecule has 1 amide bonds. The van der Waals surface area contributed by atoms with Crippen LogP contribution in [0.25, 0.3) is 0 Å². The zero-order valence-electron chi connectivity index (χ0n) is 10.4. The first-order chi connectivity index (χ1) is 8.79. The number of benzene rings is 1. The van der Waals surface area contributed by atoms with E-state index in [-0.39, 0.29) is 12.7 Å². The second-order valence-electron chi connectivity index (χ2n) is 4.06. The number of amides is 1. The summed E-state index contributed by atoms with van der Waals surface area (Å²) in [6.07, 6.45) is 1.17. The van der Waals surface area contributed by atoms with Gasteiger partial charge in [0.05, 0.1) is 6.42 Å². The van der Waals surface area contributed by atoms with E-state index in [0.717, 1.165) is 17.7 Å². The number of hydrogen-bond donors (Lipinski definition) is 1. The maximum absolute atomic E-state index is 11.7. The first-order valence-corrected chi connectivity index (χ1v) is 5.94. The summed E-state index contributed by atoms with van der Waals surface area (Å²) < 4.78 is 15.4. The molecular weight excluding hydrogens is 234 g/mol. The fourth-order valence-corrected chi connectivity index (χ4v) is 1.74. The first-order valence-electron chi connectivity index (χ1n) is 5.94. The molecule has 0 unspecified atom stereocenters. The summed E-state index contributed by atoms with van der Waals surface area (Å²) in [4.78, 5) is 11.7. The number of nitrogens with one attached hydrogen (secondary N) is 1. The molecule has 1 aromatic rings. The van der Waals surface area contributed by atoms with E-state index < -0.39 is 0 Å². The van der Waals surface area contributed by atoms with E-state index in [4.69, 9.17) is 14.2 Å². The molecule has 1 aliphatic heterocycles. The molecule has 0 spiro atoms. The van der Waals surface area contributed by atoms with Crippen molar-refractivity contribution in [3.63, 3.8) is 0 Å². The van der Waals surface area contributed by atoms with Gasteiger partial charge in [-0.2, -0.15) is 0 Å². The predicted molar refractivity (Wildman–Crippen MR) is 65.8 cm³/mol. The van der Waals surface area contributed by atoms with Gasteiger partial charge in [0.15, 0.2) is 11.5 Å². The van der Waals surface area contributed by atoms with Gasteiger partial charge in [-0.15, -0.1) is 0 Å². The Kier molecular flexibility index (Phi) is 4.41. The number of hydrogen-bond acceptors (Lipinski definition) is 4. The average Bonchev–Trinajstić information content (AvgIpc) is 2.82. The van der Waals surface area contributed by atoms with Crippen LogP contribution in [0, 0.1) is 0 Å². The van der Waals surface area contributed by atoms with Gasteiger partial charge in [-0.25, -0.2) is 0 Å². The number of rotatable bonds is 6. The second kappa shape index (κ2) is 6.26. The van der Waals surface area contributed by atoms with Crippen LogP contribution in [0.2, 0.25) is 0 Å². The van der Waals surface area contributed by atoms with E-state index in [0.29, 0.717) is 25.3 Å². The monoisotopic (exact) mass is 251 g/mol. The number of carbonyl (C=O) groups excluding carboxylic acids is 1. The van der Waals surface area contributed by atoms with Crippen LogP contribution in [0.1, 0.15) is 12.0 Å². The Morgan fingerprint density at radius 3 is 3.06 bits per heavy atom. The molecule has 0 saturated carbocycles. The van der Waals surface area contributed by atoms with Gasteiger partial charge in [-0.3, -0.25) is 4.79 Å². The van der Waals surface area contributed by atoms with Crippen LogP contribution in [0.5, 0.6) is 11.5 Å². The molecule has 0 fully saturated rings. The number of carbonyl (C=O) groups is 1. The van der Waals surface area contributed by atoms with E-state index in [1.807, 2.05) is 18.2 Å². The minimum Gasteiger partial charge on any atom is -0.454 e. The van der Waals surface area contributed by atoms with E-state index in [2.05, 4.69) is 5.32 Å². The molecule has 5 nitrogen and oxygen atoms in total. The fourth-order valence-electron chi connectivity index (χ4n) is 1.74. The van der Waals surface area contributed by atoms with Crippen molar-refractivity contribution >= 4 is 5.91 Å². The van der Waals surface area contributed by atoms with Crippen molar-refractivity contribution in [3.8, 4) is 11.5 Å². The third-order valence-corrected chi connectivity index (χ3v) is 2.65. The largest absolute Gasteiger partial charge is 0.454 e. The van der Waals surface area contributed by atoms with Crippen LogP contribution in [0.4, 0.5) is 0 Å².